The van der Waals surface area contributed by atoms with Gasteiger partial charge in [0.25, 0.3) is 0 Å². The Morgan fingerprint density at radius 2 is 2.03 bits per heavy atom. The van der Waals surface area contributed by atoms with Crippen molar-refractivity contribution in [3.63, 3.8) is 0 Å². The number of amides is 1. The highest BCUT2D eigenvalue weighted by molar-refractivity contribution is 6.33. The van der Waals surface area contributed by atoms with Crippen molar-refractivity contribution in [1.29, 1.82) is 5.26 Å². The number of nitrogens with zero attached hydrogens (tertiary/aromatic N) is 6. The molecule has 4 rings (SSSR count). The van der Waals surface area contributed by atoms with E-state index in [1.807, 2.05) is 31.5 Å². The number of carbonyl (C=O) groups excluding carboxylic acids is 1. The Balaban J connectivity index is 1.51. The molecule has 1 saturated heterocycles. The summed E-state index contributed by atoms with van der Waals surface area (Å²) in [5, 5.41) is 21.3. The summed E-state index contributed by atoms with van der Waals surface area (Å²) in [5.41, 5.74) is 2.08. The van der Waals surface area contributed by atoms with E-state index in [4.69, 9.17) is 21.6 Å². The van der Waals surface area contributed by atoms with Crippen LogP contribution in [0.5, 0.6) is 0 Å². The lowest BCUT2D eigenvalue weighted by Gasteiger charge is -2.33. The van der Waals surface area contributed by atoms with E-state index in [9.17, 15) is 4.79 Å². The maximum absolute atomic E-state index is 12.3. The Bertz CT molecular complexity index is 1190. The number of nitriles is 1. The Hall–Kier alpha value is -3.38. The number of pyridine rings is 1. The summed E-state index contributed by atoms with van der Waals surface area (Å²) in [6.07, 6.45) is 2.92. The number of aromatic nitrogens is 4. The molecule has 0 spiro atoms. The van der Waals surface area contributed by atoms with Gasteiger partial charge < -0.3 is 15.0 Å². The van der Waals surface area contributed by atoms with E-state index in [0.29, 0.717) is 40.7 Å². The molecule has 166 valence electrons. The van der Waals surface area contributed by atoms with Crippen LogP contribution in [0.4, 0.5) is 16.3 Å². The number of piperidine rings is 1. The number of anilines is 2. The highest BCUT2D eigenvalue weighted by Gasteiger charge is 2.29. The van der Waals surface area contributed by atoms with Crippen LogP contribution >= 0.6 is 11.6 Å². The summed E-state index contributed by atoms with van der Waals surface area (Å²) in [4.78, 5) is 18.5. The molecule has 1 aliphatic heterocycles. The van der Waals surface area contributed by atoms with Crippen LogP contribution in [0.3, 0.4) is 0 Å². The molecule has 0 unspecified atom stereocenters. The van der Waals surface area contributed by atoms with Crippen molar-refractivity contribution in [2.45, 2.75) is 45.3 Å². The van der Waals surface area contributed by atoms with Gasteiger partial charge >= 0.3 is 6.09 Å². The second-order valence-electron chi connectivity index (χ2n) is 8.69. The molecule has 3 aromatic rings. The third kappa shape index (κ3) is 4.60. The maximum Gasteiger partial charge on any atom is 0.410 e. The van der Waals surface area contributed by atoms with Crippen molar-refractivity contribution in [1.82, 2.24) is 24.9 Å². The molecule has 10 heteroatoms. The highest BCUT2D eigenvalue weighted by atomic mass is 35.5. The molecule has 9 nitrogen and oxygen atoms in total. The summed E-state index contributed by atoms with van der Waals surface area (Å²) in [6, 6.07) is 9.07. The molecule has 1 aliphatic rings. The zero-order valence-corrected chi connectivity index (χ0v) is 18.9. The second kappa shape index (κ2) is 8.63. The molecular formula is C22H24ClN7O2. The van der Waals surface area contributed by atoms with E-state index >= 15 is 0 Å². The molecule has 3 heterocycles. The first-order valence-corrected chi connectivity index (χ1v) is 10.8. The molecule has 1 amide bonds. The molecule has 0 bridgehead atoms. The number of halogens is 1. The first-order valence-electron chi connectivity index (χ1n) is 10.4. The van der Waals surface area contributed by atoms with E-state index < -0.39 is 5.60 Å². The van der Waals surface area contributed by atoms with Gasteiger partial charge in [0, 0.05) is 19.3 Å². The summed E-state index contributed by atoms with van der Waals surface area (Å²) >= 11 is 6.29. The van der Waals surface area contributed by atoms with Crippen LogP contribution in [0.2, 0.25) is 5.02 Å². The lowest BCUT2D eigenvalue weighted by atomic mass is 10.1. The molecule has 1 N–H and O–H groups in total. The highest BCUT2D eigenvalue weighted by Crippen LogP contribution is 2.31. The fourth-order valence-corrected chi connectivity index (χ4v) is 3.89. The first kappa shape index (κ1) is 21.8. The second-order valence-corrected chi connectivity index (χ2v) is 9.10. The van der Waals surface area contributed by atoms with Gasteiger partial charge in [0.1, 0.15) is 5.60 Å². The lowest BCUT2D eigenvalue weighted by molar-refractivity contribution is 0.0185. The number of hydrogen-bond donors (Lipinski definition) is 1. The number of ether oxygens (including phenoxy) is 1. The monoisotopic (exact) mass is 453 g/mol. The first-order chi connectivity index (χ1) is 15.2. The molecule has 0 radical (unpaired) electrons. The summed E-state index contributed by atoms with van der Waals surface area (Å²) in [7, 11) is 0. The summed E-state index contributed by atoms with van der Waals surface area (Å²) < 4.78 is 7.37. The summed E-state index contributed by atoms with van der Waals surface area (Å²) in [6.45, 7) is 6.79. The van der Waals surface area contributed by atoms with Gasteiger partial charge in [-0.2, -0.15) is 5.26 Å². The Morgan fingerprint density at radius 1 is 1.28 bits per heavy atom. The fourth-order valence-electron chi connectivity index (χ4n) is 3.66. The number of rotatable bonds is 3. The summed E-state index contributed by atoms with van der Waals surface area (Å²) in [5.74, 6) is 0.534. The average molecular weight is 454 g/mol. The molecule has 1 fully saturated rings. The van der Waals surface area contributed by atoms with Crippen LogP contribution in [0.1, 0.15) is 45.2 Å². The van der Waals surface area contributed by atoms with E-state index in [-0.39, 0.29) is 12.1 Å². The van der Waals surface area contributed by atoms with Crippen LogP contribution in [-0.4, -0.2) is 49.7 Å². The average Bonchev–Trinajstić information content (AvgIpc) is 3.19. The van der Waals surface area contributed by atoms with Crippen LogP contribution in [0, 0.1) is 11.3 Å². The number of hydrogen-bond acceptors (Lipinski definition) is 7. The van der Waals surface area contributed by atoms with E-state index in [1.54, 1.807) is 29.3 Å². The predicted molar refractivity (Wildman–Crippen MR) is 121 cm³/mol. The normalized spacial score (nSPS) is 14.9. The lowest BCUT2D eigenvalue weighted by Crippen LogP contribution is -2.42. The van der Waals surface area contributed by atoms with Crippen LogP contribution in [0.25, 0.3) is 11.0 Å². The third-order valence-corrected chi connectivity index (χ3v) is 5.52. The zero-order valence-electron chi connectivity index (χ0n) is 18.2. The molecular weight excluding hydrogens is 430 g/mol. The Morgan fingerprint density at radius 3 is 2.69 bits per heavy atom. The van der Waals surface area contributed by atoms with E-state index in [1.165, 1.54) is 0 Å². The Labute approximate surface area is 190 Å². The molecule has 0 aliphatic carbocycles. The van der Waals surface area contributed by atoms with Crippen molar-refractivity contribution in [3.8, 4) is 6.07 Å². The van der Waals surface area contributed by atoms with Crippen molar-refractivity contribution in [2.75, 3.05) is 18.4 Å². The van der Waals surface area contributed by atoms with Gasteiger partial charge in [-0.1, -0.05) is 16.8 Å². The fraction of sp³-hybridized carbons (Fsp3) is 0.409. The van der Waals surface area contributed by atoms with Crippen LogP contribution in [-0.2, 0) is 4.74 Å². The van der Waals surface area contributed by atoms with Crippen molar-refractivity contribution >= 4 is 40.2 Å². The quantitative estimate of drug-likeness (QED) is 0.613. The SMILES string of the molecule is CC(C)(C)OC(=O)N1CCC(n2nnc3c(Nc4ccc(C#N)cc4Cl)nccc32)CC1. The number of carbonyl (C=O) groups is 1. The van der Waals surface area contributed by atoms with E-state index in [0.717, 1.165) is 18.4 Å². The third-order valence-electron chi connectivity index (χ3n) is 5.20. The van der Waals surface area contributed by atoms with Crippen LogP contribution in [0.15, 0.2) is 30.5 Å². The van der Waals surface area contributed by atoms with Gasteiger partial charge in [-0.15, -0.1) is 5.10 Å². The minimum Gasteiger partial charge on any atom is -0.444 e. The molecule has 0 saturated carbocycles. The van der Waals surface area contributed by atoms with Gasteiger partial charge in [-0.05, 0) is 57.9 Å². The number of nitrogens with one attached hydrogen (secondary N) is 1. The topological polar surface area (TPSA) is 109 Å². The molecule has 1 aromatic carbocycles. The van der Waals surface area contributed by atoms with Gasteiger partial charge in [-0.25, -0.2) is 14.5 Å². The standard InChI is InChI=1S/C22H24ClN7O2/c1-22(2,3)32-21(31)29-10-7-15(8-11-29)30-18-6-9-25-20(19(18)27-28-30)26-17-5-4-14(13-24)12-16(17)23/h4-6,9,12,15H,7-8,10-11H2,1-3H3,(H,25,26). The van der Waals surface area contributed by atoms with Crippen molar-refractivity contribution in [2.24, 2.45) is 0 Å². The minimum atomic E-state index is -0.510. The largest absolute Gasteiger partial charge is 0.444 e. The number of benzene rings is 1. The zero-order chi connectivity index (χ0) is 22.9. The van der Waals surface area contributed by atoms with Crippen LogP contribution < -0.4 is 5.32 Å². The smallest absolute Gasteiger partial charge is 0.410 e. The van der Waals surface area contributed by atoms with E-state index in [2.05, 4.69) is 26.7 Å². The van der Waals surface area contributed by atoms with Gasteiger partial charge in [0.05, 0.1) is 33.9 Å². The predicted octanol–water partition coefficient (Wildman–Crippen LogP) is 4.67. The molecule has 32 heavy (non-hydrogen) atoms. The van der Waals surface area contributed by atoms with Gasteiger partial charge in [0.2, 0.25) is 0 Å². The van der Waals surface area contributed by atoms with Crippen molar-refractivity contribution < 1.29 is 9.53 Å². The Kier molecular flexibility index (Phi) is 5.89. The molecule has 2 aromatic heterocycles. The van der Waals surface area contributed by atoms with Gasteiger partial charge in [-0.3, -0.25) is 0 Å². The van der Waals surface area contributed by atoms with Gasteiger partial charge in [0.15, 0.2) is 11.3 Å². The van der Waals surface area contributed by atoms with Crippen molar-refractivity contribution in [3.05, 3.63) is 41.0 Å². The number of likely N-dealkylation sites (tertiary alicyclic amines) is 1. The molecule has 0 atom stereocenters. The maximum atomic E-state index is 12.3. The minimum absolute atomic E-state index is 0.118. The number of fused-ring (bicyclic) bond motifs is 1.